The zero-order chi connectivity index (χ0) is 22.6. The summed E-state index contributed by atoms with van der Waals surface area (Å²) in [4.78, 5) is 11.6. The van der Waals surface area contributed by atoms with Crippen LogP contribution in [0.5, 0.6) is 5.75 Å². The molecule has 0 radical (unpaired) electrons. The summed E-state index contributed by atoms with van der Waals surface area (Å²) in [6.45, 7) is 7.30. The topological polar surface area (TPSA) is 78.6 Å². The maximum Gasteiger partial charge on any atom is 0.164 e. The van der Waals surface area contributed by atoms with Crippen molar-refractivity contribution >= 4 is 17.5 Å². The van der Waals surface area contributed by atoms with Crippen LogP contribution in [-0.4, -0.2) is 42.7 Å². The molecule has 0 spiro atoms. The Hall–Kier alpha value is -3.71. The quantitative estimate of drug-likeness (QED) is 0.442. The van der Waals surface area contributed by atoms with Crippen LogP contribution in [-0.2, 0) is 13.1 Å². The Labute approximate surface area is 193 Å². The van der Waals surface area contributed by atoms with Crippen LogP contribution < -0.4 is 5.32 Å². The number of anilines is 1. The molecule has 33 heavy (non-hydrogen) atoms. The van der Waals surface area contributed by atoms with Crippen molar-refractivity contribution in [3.8, 4) is 5.75 Å². The van der Waals surface area contributed by atoms with Crippen LogP contribution >= 0.6 is 0 Å². The van der Waals surface area contributed by atoms with E-state index in [-0.39, 0.29) is 0 Å². The molecule has 4 aromatic rings. The molecule has 168 valence electrons. The van der Waals surface area contributed by atoms with Crippen molar-refractivity contribution < 1.29 is 5.11 Å². The predicted octanol–water partition coefficient (Wildman–Crippen LogP) is 4.46. The largest absolute Gasteiger partial charge is 0.508 e. The highest BCUT2D eigenvalue weighted by Crippen LogP contribution is 2.31. The summed E-state index contributed by atoms with van der Waals surface area (Å²) in [7, 11) is 0. The first-order valence-corrected chi connectivity index (χ1v) is 11.3. The molecule has 0 amide bonds. The first-order valence-electron chi connectivity index (χ1n) is 11.3. The number of benzene rings is 1. The number of aromatic hydroxyl groups is 1. The summed E-state index contributed by atoms with van der Waals surface area (Å²) in [6, 6.07) is 13.7. The van der Waals surface area contributed by atoms with Crippen LogP contribution in [0, 0.1) is 0 Å². The Morgan fingerprint density at radius 2 is 1.97 bits per heavy atom. The lowest BCUT2D eigenvalue weighted by Crippen LogP contribution is -2.32. The number of para-hydroxylation sites is 1. The third-order valence-electron chi connectivity index (χ3n) is 6.33. The number of rotatable bonds is 7. The molecule has 1 fully saturated rings. The molecule has 4 heterocycles. The number of hydrogen-bond donors (Lipinski definition) is 2. The number of phenolic OH excluding ortho intramolecular Hbond substituents is 1. The van der Waals surface area contributed by atoms with E-state index in [1.807, 2.05) is 41.2 Å². The smallest absolute Gasteiger partial charge is 0.164 e. The van der Waals surface area contributed by atoms with E-state index in [9.17, 15) is 5.11 Å². The second-order valence-corrected chi connectivity index (χ2v) is 8.50. The van der Waals surface area contributed by atoms with E-state index in [1.165, 1.54) is 0 Å². The molecule has 0 atom stereocenters. The number of phenols is 1. The molecule has 0 saturated carbocycles. The monoisotopic (exact) mass is 440 g/mol. The highest BCUT2D eigenvalue weighted by atomic mass is 16.3. The van der Waals surface area contributed by atoms with Crippen molar-refractivity contribution in [1.82, 2.24) is 24.5 Å². The first-order chi connectivity index (χ1) is 16.2. The van der Waals surface area contributed by atoms with E-state index in [2.05, 4.69) is 39.0 Å². The lowest BCUT2D eigenvalue weighted by molar-refractivity contribution is 0.201. The van der Waals surface area contributed by atoms with E-state index < -0.39 is 0 Å². The molecule has 0 unspecified atom stereocenters. The number of fused-ring (bicyclic) bond motifs is 1. The SMILES string of the molecule is C=Cc1cnn2c(NCc3cccnc3)cc(C3CCN(Cc4ccccc4O)CC3)nc12. The van der Waals surface area contributed by atoms with Crippen molar-refractivity contribution in [3.05, 3.63) is 90.0 Å². The lowest BCUT2D eigenvalue weighted by Gasteiger charge is -2.32. The Bertz CT molecular complexity index is 1240. The van der Waals surface area contributed by atoms with Crippen LogP contribution in [0.3, 0.4) is 0 Å². The van der Waals surface area contributed by atoms with Crippen LogP contribution in [0.25, 0.3) is 11.7 Å². The van der Waals surface area contributed by atoms with Gasteiger partial charge in [0.1, 0.15) is 11.6 Å². The van der Waals surface area contributed by atoms with E-state index in [0.717, 1.165) is 66.3 Å². The normalized spacial score (nSPS) is 15.0. The molecule has 1 aromatic carbocycles. The van der Waals surface area contributed by atoms with Gasteiger partial charge in [0.2, 0.25) is 0 Å². The molecule has 0 bridgehead atoms. The van der Waals surface area contributed by atoms with Gasteiger partial charge in [0, 0.05) is 54.3 Å². The molecule has 2 N–H and O–H groups in total. The highest BCUT2D eigenvalue weighted by Gasteiger charge is 2.24. The van der Waals surface area contributed by atoms with Gasteiger partial charge in [0.15, 0.2) is 5.65 Å². The fraction of sp³-hybridized carbons (Fsp3) is 0.269. The van der Waals surface area contributed by atoms with Crippen molar-refractivity contribution in [2.75, 3.05) is 18.4 Å². The predicted molar refractivity (Wildman–Crippen MR) is 130 cm³/mol. The van der Waals surface area contributed by atoms with E-state index >= 15 is 0 Å². The van der Waals surface area contributed by atoms with Crippen molar-refractivity contribution in [2.45, 2.75) is 31.8 Å². The zero-order valence-corrected chi connectivity index (χ0v) is 18.6. The number of aromatic nitrogens is 4. The number of nitrogens with one attached hydrogen (secondary N) is 1. The summed E-state index contributed by atoms with van der Waals surface area (Å²) >= 11 is 0. The molecule has 0 aliphatic carbocycles. The minimum Gasteiger partial charge on any atom is -0.508 e. The molecule has 7 heteroatoms. The van der Waals surface area contributed by atoms with Gasteiger partial charge >= 0.3 is 0 Å². The van der Waals surface area contributed by atoms with Gasteiger partial charge < -0.3 is 10.4 Å². The molecular weight excluding hydrogens is 412 g/mol. The van der Waals surface area contributed by atoms with Gasteiger partial charge in [-0.1, -0.05) is 36.9 Å². The van der Waals surface area contributed by atoms with Gasteiger partial charge in [0.05, 0.1) is 6.20 Å². The third-order valence-corrected chi connectivity index (χ3v) is 6.33. The average molecular weight is 441 g/mol. The second-order valence-electron chi connectivity index (χ2n) is 8.50. The summed E-state index contributed by atoms with van der Waals surface area (Å²) < 4.78 is 1.85. The van der Waals surface area contributed by atoms with Crippen molar-refractivity contribution in [2.24, 2.45) is 0 Å². The number of pyridine rings is 1. The molecule has 1 saturated heterocycles. The standard InChI is InChI=1S/C26H28N6O/c1-2-20-17-29-32-25(28-16-19-6-5-11-27-15-19)14-23(30-26(20)32)21-9-12-31(13-10-21)18-22-7-3-4-8-24(22)33/h2-8,11,14-15,17,21,28,33H,1,9-10,12-13,16,18H2. The lowest BCUT2D eigenvalue weighted by atomic mass is 9.92. The minimum atomic E-state index is 0.369. The molecule has 5 rings (SSSR count). The molecule has 3 aromatic heterocycles. The number of piperidine rings is 1. The van der Waals surface area contributed by atoms with E-state index in [1.54, 1.807) is 18.3 Å². The second kappa shape index (κ2) is 9.42. The number of hydrogen-bond acceptors (Lipinski definition) is 6. The fourth-order valence-electron chi connectivity index (χ4n) is 4.45. The van der Waals surface area contributed by atoms with Gasteiger partial charge in [-0.3, -0.25) is 9.88 Å². The Kier molecular flexibility index (Phi) is 6.04. The Morgan fingerprint density at radius 1 is 1.12 bits per heavy atom. The van der Waals surface area contributed by atoms with E-state index in [0.29, 0.717) is 18.2 Å². The molecule has 1 aliphatic heterocycles. The summed E-state index contributed by atoms with van der Waals surface area (Å²) in [5, 5.41) is 18.1. The first kappa shape index (κ1) is 21.2. The summed E-state index contributed by atoms with van der Waals surface area (Å²) in [5.41, 5.74) is 4.93. The molecular formula is C26H28N6O. The van der Waals surface area contributed by atoms with Crippen LogP contribution in [0.2, 0.25) is 0 Å². The fourth-order valence-corrected chi connectivity index (χ4v) is 4.45. The molecule has 1 aliphatic rings. The van der Waals surface area contributed by atoms with Crippen molar-refractivity contribution in [3.63, 3.8) is 0 Å². The Morgan fingerprint density at radius 3 is 2.73 bits per heavy atom. The zero-order valence-electron chi connectivity index (χ0n) is 18.6. The third kappa shape index (κ3) is 4.59. The average Bonchev–Trinajstić information content (AvgIpc) is 3.28. The van der Waals surface area contributed by atoms with Crippen molar-refractivity contribution in [1.29, 1.82) is 0 Å². The van der Waals surface area contributed by atoms with Gasteiger partial charge in [0.25, 0.3) is 0 Å². The van der Waals surface area contributed by atoms with Gasteiger partial charge in [-0.25, -0.2) is 4.98 Å². The molecule has 7 nitrogen and oxygen atoms in total. The number of likely N-dealkylation sites (tertiary alicyclic amines) is 1. The minimum absolute atomic E-state index is 0.369. The maximum absolute atomic E-state index is 10.1. The van der Waals surface area contributed by atoms with Gasteiger partial charge in [-0.05, 0) is 43.6 Å². The van der Waals surface area contributed by atoms with Crippen LogP contribution in [0.15, 0.2) is 67.6 Å². The van der Waals surface area contributed by atoms with Gasteiger partial charge in [-0.2, -0.15) is 9.61 Å². The maximum atomic E-state index is 10.1. The van der Waals surface area contributed by atoms with Crippen LogP contribution in [0.1, 0.15) is 41.1 Å². The van der Waals surface area contributed by atoms with E-state index in [4.69, 9.17) is 4.98 Å². The van der Waals surface area contributed by atoms with Gasteiger partial charge in [-0.15, -0.1) is 0 Å². The highest BCUT2D eigenvalue weighted by molar-refractivity contribution is 5.66. The number of nitrogens with zero attached hydrogens (tertiary/aromatic N) is 5. The Balaban J connectivity index is 1.34. The van der Waals surface area contributed by atoms with Crippen LogP contribution in [0.4, 0.5) is 5.82 Å². The summed E-state index contributed by atoms with van der Waals surface area (Å²) in [5.74, 6) is 1.67. The summed E-state index contributed by atoms with van der Waals surface area (Å²) in [6.07, 6.45) is 9.31.